The molecule has 4 aromatic carbocycles. The lowest BCUT2D eigenvalue weighted by molar-refractivity contribution is -0.127. The zero-order valence-corrected chi connectivity index (χ0v) is 30.2. The maximum Gasteiger partial charge on any atom is 0.246 e. The fraction of sp³-hybridized carbons (Fsp3) is 0.233. The molecule has 2 heterocycles. The van der Waals surface area contributed by atoms with Gasteiger partial charge in [0.2, 0.25) is 17.5 Å². The number of nitriles is 1. The van der Waals surface area contributed by atoms with Gasteiger partial charge in [0.1, 0.15) is 23.9 Å². The first-order valence-electron chi connectivity index (χ1n) is 17.6. The van der Waals surface area contributed by atoms with E-state index in [0.29, 0.717) is 72.1 Å². The van der Waals surface area contributed by atoms with Crippen LogP contribution in [0.3, 0.4) is 0 Å². The highest BCUT2D eigenvalue weighted by atomic mass is 19.1. The summed E-state index contributed by atoms with van der Waals surface area (Å²) in [5, 5.41) is 8.97. The molecule has 0 N–H and O–H groups in total. The van der Waals surface area contributed by atoms with Gasteiger partial charge >= 0.3 is 0 Å². The van der Waals surface area contributed by atoms with Gasteiger partial charge in [-0.1, -0.05) is 36.4 Å². The number of rotatable bonds is 15. The van der Waals surface area contributed by atoms with Crippen LogP contribution in [0, 0.1) is 17.1 Å². The van der Waals surface area contributed by atoms with Crippen molar-refractivity contribution >= 4 is 12.0 Å². The van der Waals surface area contributed by atoms with Crippen molar-refractivity contribution < 1.29 is 32.9 Å². The van der Waals surface area contributed by atoms with Crippen molar-refractivity contribution in [2.24, 2.45) is 0 Å². The van der Waals surface area contributed by atoms with Gasteiger partial charge in [-0.15, -0.1) is 0 Å². The van der Waals surface area contributed by atoms with Crippen LogP contribution in [0.1, 0.15) is 27.8 Å². The zero-order valence-electron chi connectivity index (χ0n) is 30.2. The summed E-state index contributed by atoms with van der Waals surface area (Å²) in [6.07, 6.45) is 5.64. The molecule has 11 heteroatoms. The van der Waals surface area contributed by atoms with Crippen LogP contribution in [-0.2, 0) is 24.4 Å². The smallest absolute Gasteiger partial charge is 0.246 e. The molecule has 10 nitrogen and oxygen atoms in total. The summed E-state index contributed by atoms with van der Waals surface area (Å²) in [7, 11) is 3.07. The summed E-state index contributed by atoms with van der Waals surface area (Å²) < 4.78 is 41.9. The fourth-order valence-electron chi connectivity index (χ4n) is 5.84. The number of benzene rings is 4. The number of nitrogens with zero attached hydrogens (tertiary/aromatic N) is 4. The number of amides is 1. The van der Waals surface area contributed by atoms with E-state index in [0.717, 1.165) is 31.6 Å². The van der Waals surface area contributed by atoms with Crippen molar-refractivity contribution in [3.05, 3.63) is 143 Å². The lowest BCUT2D eigenvalue weighted by atomic mass is 10.1. The molecule has 0 spiro atoms. The van der Waals surface area contributed by atoms with Crippen molar-refractivity contribution in [3.8, 4) is 40.7 Å². The highest BCUT2D eigenvalue weighted by Gasteiger charge is 2.20. The van der Waals surface area contributed by atoms with E-state index in [1.165, 1.54) is 37.5 Å². The van der Waals surface area contributed by atoms with Gasteiger partial charge in [0.25, 0.3) is 0 Å². The van der Waals surface area contributed by atoms with Gasteiger partial charge in [-0.05, 0) is 82.9 Å². The minimum atomic E-state index is -0.278. The van der Waals surface area contributed by atoms with Crippen LogP contribution in [0.15, 0.2) is 109 Å². The number of halogens is 1. The number of carbonyl (C=O) groups is 1. The van der Waals surface area contributed by atoms with E-state index < -0.39 is 0 Å². The lowest BCUT2D eigenvalue weighted by Gasteiger charge is -2.34. The van der Waals surface area contributed by atoms with E-state index in [4.69, 9.17) is 28.9 Å². The number of methoxy groups -OCH3 is 2. The number of aromatic nitrogens is 1. The normalized spacial score (nSPS) is 13.0. The molecule has 6 rings (SSSR count). The first-order chi connectivity index (χ1) is 26.4. The van der Waals surface area contributed by atoms with E-state index in [-0.39, 0.29) is 11.7 Å². The maximum absolute atomic E-state index is 13.1. The second-order valence-electron chi connectivity index (χ2n) is 12.6. The number of piperazine rings is 1. The Labute approximate surface area is 314 Å². The Hall–Kier alpha value is -6.38. The summed E-state index contributed by atoms with van der Waals surface area (Å²) in [5.74, 6) is 2.38. The molecular formula is C43H41FN4O6. The number of hydrogen-bond acceptors (Lipinski definition) is 9. The first kappa shape index (κ1) is 37.4. The minimum Gasteiger partial charge on any atom is -0.493 e. The van der Waals surface area contributed by atoms with Gasteiger partial charge in [-0.25, -0.2) is 9.37 Å². The molecule has 1 saturated heterocycles. The van der Waals surface area contributed by atoms with E-state index in [9.17, 15) is 9.18 Å². The van der Waals surface area contributed by atoms with Crippen molar-refractivity contribution in [1.82, 2.24) is 14.8 Å². The summed E-state index contributed by atoms with van der Waals surface area (Å²) in [6.45, 7) is 4.48. The molecule has 54 heavy (non-hydrogen) atoms. The standard InChI is InChI=1S/C43H41FN4O6/c1-50-39-25-35(26-40(51-2)43(39)54-41-17-16-38(28-46-41)53-30-34-9-5-32(27-45)6-10-34)11-18-42(49)48-22-20-47(21-23-48)29-33-7-3-31(4-8-33)19-24-52-37-14-12-36(44)13-15-37/h3-18,25-26,28H,19-24,29-30H2,1-2H3/b18-11+. The number of hydrogen-bond donors (Lipinski definition) is 0. The molecule has 1 aromatic heterocycles. The van der Waals surface area contributed by atoms with Crippen LogP contribution >= 0.6 is 0 Å². The van der Waals surface area contributed by atoms with Crippen molar-refractivity contribution in [3.63, 3.8) is 0 Å². The minimum absolute atomic E-state index is 0.0641. The molecule has 1 amide bonds. The zero-order chi connectivity index (χ0) is 37.7. The monoisotopic (exact) mass is 728 g/mol. The Morgan fingerprint density at radius 2 is 1.46 bits per heavy atom. The first-order valence-corrected chi connectivity index (χ1v) is 17.6. The summed E-state index contributed by atoms with van der Waals surface area (Å²) >= 11 is 0. The second-order valence-corrected chi connectivity index (χ2v) is 12.6. The molecule has 5 aromatic rings. The third kappa shape index (κ3) is 10.4. The van der Waals surface area contributed by atoms with Gasteiger partial charge in [-0.2, -0.15) is 5.26 Å². The molecule has 0 radical (unpaired) electrons. The van der Waals surface area contributed by atoms with E-state index >= 15 is 0 Å². The van der Waals surface area contributed by atoms with Crippen LogP contribution in [0.5, 0.6) is 34.6 Å². The second kappa shape index (κ2) is 18.4. The van der Waals surface area contributed by atoms with Crippen molar-refractivity contribution in [2.75, 3.05) is 47.0 Å². The Bertz CT molecular complexity index is 2030. The summed E-state index contributed by atoms with van der Waals surface area (Å²) in [4.78, 5) is 21.7. The third-order valence-electron chi connectivity index (χ3n) is 8.89. The van der Waals surface area contributed by atoms with Crippen LogP contribution in [0.25, 0.3) is 6.08 Å². The van der Waals surface area contributed by atoms with Crippen LogP contribution in [-0.4, -0.2) is 67.7 Å². The van der Waals surface area contributed by atoms with E-state index in [1.54, 1.807) is 66.9 Å². The number of carbonyl (C=O) groups excluding carboxylic acids is 1. The van der Waals surface area contributed by atoms with Gasteiger partial charge < -0.3 is 28.6 Å². The number of pyridine rings is 1. The predicted molar refractivity (Wildman–Crippen MR) is 202 cm³/mol. The van der Waals surface area contributed by atoms with Crippen LogP contribution < -0.4 is 23.7 Å². The molecule has 1 fully saturated rings. The summed E-state index contributed by atoms with van der Waals surface area (Å²) in [6, 6.07) is 30.8. The Morgan fingerprint density at radius 3 is 2.09 bits per heavy atom. The van der Waals surface area contributed by atoms with Gasteiger partial charge in [-0.3, -0.25) is 9.69 Å². The van der Waals surface area contributed by atoms with E-state index in [1.807, 2.05) is 17.0 Å². The highest BCUT2D eigenvalue weighted by molar-refractivity contribution is 5.92. The fourth-order valence-corrected chi connectivity index (χ4v) is 5.84. The lowest BCUT2D eigenvalue weighted by Crippen LogP contribution is -2.47. The van der Waals surface area contributed by atoms with Gasteiger partial charge in [0, 0.05) is 51.3 Å². The third-order valence-corrected chi connectivity index (χ3v) is 8.89. The Morgan fingerprint density at radius 1 is 0.815 bits per heavy atom. The molecule has 0 atom stereocenters. The Balaban J connectivity index is 0.967. The quantitative estimate of drug-likeness (QED) is 0.102. The molecule has 0 aliphatic carbocycles. The molecule has 0 unspecified atom stereocenters. The molecule has 1 aliphatic heterocycles. The summed E-state index contributed by atoms with van der Waals surface area (Å²) in [5.41, 5.74) is 4.63. The van der Waals surface area contributed by atoms with Crippen molar-refractivity contribution in [2.45, 2.75) is 19.6 Å². The molecule has 0 bridgehead atoms. The molecule has 1 aliphatic rings. The number of ether oxygens (including phenoxy) is 5. The molecular weight excluding hydrogens is 687 g/mol. The van der Waals surface area contributed by atoms with Crippen molar-refractivity contribution in [1.29, 1.82) is 5.26 Å². The topological polar surface area (TPSA) is 106 Å². The van der Waals surface area contributed by atoms with E-state index in [2.05, 4.69) is 40.2 Å². The SMILES string of the molecule is COc1cc(/C=C/C(=O)N2CCN(Cc3ccc(CCOc4ccc(F)cc4)cc3)CC2)cc(OC)c1Oc1ccc(OCc2ccc(C#N)cc2)cn1. The molecule has 0 saturated carbocycles. The molecule has 276 valence electrons. The Kier molecular flexibility index (Phi) is 12.7. The average molecular weight is 729 g/mol. The van der Waals surface area contributed by atoms with Gasteiger partial charge in [0.05, 0.1) is 38.7 Å². The highest BCUT2D eigenvalue weighted by Crippen LogP contribution is 2.41. The van der Waals surface area contributed by atoms with Gasteiger partial charge in [0.15, 0.2) is 11.5 Å². The largest absolute Gasteiger partial charge is 0.493 e. The average Bonchev–Trinajstić information content (AvgIpc) is 3.21. The van der Waals surface area contributed by atoms with Crippen LogP contribution in [0.4, 0.5) is 4.39 Å². The maximum atomic E-state index is 13.1. The van der Waals surface area contributed by atoms with Crippen LogP contribution in [0.2, 0.25) is 0 Å². The predicted octanol–water partition coefficient (Wildman–Crippen LogP) is 7.46.